The molecule has 0 aliphatic rings. The van der Waals surface area contributed by atoms with E-state index in [0.717, 1.165) is 4.68 Å². The molecule has 1 aromatic heterocycles. The van der Waals surface area contributed by atoms with Gasteiger partial charge in [0.25, 0.3) is 0 Å². The van der Waals surface area contributed by atoms with Gasteiger partial charge >= 0.3 is 6.03 Å². The molecule has 0 bridgehead atoms. The van der Waals surface area contributed by atoms with Crippen LogP contribution in [-0.4, -0.2) is 34.1 Å². The number of carbonyl (C=O) groups excluding carboxylic acids is 1. The number of aliphatic hydroxyl groups excluding tert-OH is 1. The van der Waals surface area contributed by atoms with Gasteiger partial charge in [-0.25, -0.2) is 4.79 Å². The molecule has 1 heterocycles. The standard InChI is InChI=1S/C6H8N3O2/c10-5-3-7-6(11)9-4-1-2-8-9/h1-2,10H,3,5H2,(H,7,11). The second-order valence-corrected chi connectivity index (χ2v) is 1.83. The first-order valence-corrected chi connectivity index (χ1v) is 3.15. The summed E-state index contributed by atoms with van der Waals surface area (Å²) in [5.74, 6) is 0. The number of hydrogen-bond donors (Lipinski definition) is 2. The number of amides is 1. The van der Waals surface area contributed by atoms with Crippen LogP contribution in [0, 0.1) is 6.20 Å². The van der Waals surface area contributed by atoms with E-state index < -0.39 is 0 Å². The molecular weight excluding hydrogens is 146 g/mol. The molecule has 0 saturated heterocycles. The van der Waals surface area contributed by atoms with E-state index in [1.807, 2.05) is 0 Å². The predicted molar refractivity (Wildman–Crippen MR) is 36.9 cm³/mol. The third kappa shape index (κ3) is 2.05. The lowest BCUT2D eigenvalue weighted by Gasteiger charge is -2.00. The number of aliphatic hydroxyl groups is 1. The molecule has 0 spiro atoms. The number of nitrogens with one attached hydrogen (secondary N) is 1. The van der Waals surface area contributed by atoms with E-state index in [0.29, 0.717) is 0 Å². The van der Waals surface area contributed by atoms with Gasteiger partial charge in [-0.05, 0) is 6.07 Å². The molecule has 1 aromatic rings. The third-order valence-corrected chi connectivity index (χ3v) is 1.03. The molecule has 11 heavy (non-hydrogen) atoms. The molecule has 2 N–H and O–H groups in total. The molecule has 0 fully saturated rings. The normalized spacial score (nSPS) is 9.55. The minimum atomic E-state index is -0.385. The number of carbonyl (C=O) groups is 1. The highest BCUT2D eigenvalue weighted by molar-refractivity contribution is 5.75. The Labute approximate surface area is 63.6 Å². The zero-order valence-corrected chi connectivity index (χ0v) is 5.82. The van der Waals surface area contributed by atoms with Crippen LogP contribution < -0.4 is 5.32 Å². The van der Waals surface area contributed by atoms with Crippen LogP contribution in [0.15, 0.2) is 12.3 Å². The Morgan fingerprint density at radius 1 is 1.82 bits per heavy atom. The maximum atomic E-state index is 10.9. The summed E-state index contributed by atoms with van der Waals surface area (Å²) in [4.78, 5) is 10.9. The lowest BCUT2D eigenvalue weighted by Crippen LogP contribution is -2.31. The molecule has 0 aliphatic carbocycles. The molecule has 0 aromatic carbocycles. The first-order valence-electron chi connectivity index (χ1n) is 3.15. The Balaban J connectivity index is 2.43. The van der Waals surface area contributed by atoms with E-state index in [4.69, 9.17) is 5.11 Å². The van der Waals surface area contributed by atoms with E-state index in [-0.39, 0.29) is 19.2 Å². The molecule has 1 radical (unpaired) electrons. The topological polar surface area (TPSA) is 67.2 Å². The third-order valence-electron chi connectivity index (χ3n) is 1.03. The fourth-order valence-electron chi connectivity index (χ4n) is 0.586. The number of nitrogens with zero attached hydrogens (tertiary/aromatic N) is 2. The summed E-state index contributed by atoms with van der Waals surface area (Å²) >= 11 is 0. The summed E-state index contributed by atoms with van der Waals surface area (Å²) in [6.07, 6.45) is 4.01. The number of rotatable bonds is 2. The van der Waals surface area contributed by atoms with E-state index in [1.54, 1.807) is 0 Å². The zero-order chi connectivity index (χ0) is 8.10. The Morgan fingerprint density at radius 3 is 3.18 bits per heavy atom. The van der Waals surface area contributed by atoms with Crippen LogP contribution in [-0.2, 0) is 0 Å². The maximum Gasteiger partial charge on any atom is 0.342 e. The molecule has 0 aliphatic heterocycles. The number of hydrogen-bond acceptors (Lipinski definition) is 3. The Hall–Kier alpha value is -1.36. The Morgan fingerprint density at radius 2 is 2.64 bits per heavy atom. The van der Waals surface area contributed by atoms with E-state index in [9.17, 15) is 4.79 Å². The van der Waals surface area contributed by atoms with Crippen molar-refractivity contribution in [2.75, 3.05) is 13.2 Å². The van der Waals surface area contributed by atoms with Gasteiger partial charge in [0.15, 0.2) is 0 Å². The monoisotopic (exact) mass is 154 g/mol. The van der Waals surface area contributed by atoms with Gasteiger partial charge in [-0.1, -0.05) is 0 Å². The molecule has 1 amide bonds. The summed E-state index contributed by atoms with van der Waals surface area (Å²) in [6, 6.07) is 1.14. The second-order valence-electron chi connectivity index (χ2n) is 1.83. The average molecular weight is 154 g/mol. The molecule has 0 saturated carbocycles. The molecule has 0 unspecified atom stereocenters. The summed E-state index contributed by atoms with van der Waals surface area (Å²) in [7, 11) is 0. The highest BCUT2D eigenvalue weighted by Crippen LogP contribution is 1.80. The Kier molecular flexibility index (Phi) is 2.62. The summed E-state index contributed by atoms with van der Waals surface area (Å²) in [5.41, 5.74) is 0. The van der Waals surface area contributed by atoms with Crippen molar-refractivity contribution >= 4 is 6.03 Å². The summed E-state index contributed by atoms with van der Waals surface area (Å²) in [6.45, 7) is 0.152. The van der Waals surface area contributed by atoms with Crippen molar-refractivity contribution in [1.29, 1.82) is 0 Å². The van der Waals surface area contributed by atoms with Gasteiger partial charge in [0.1, 0.15) is 0 Å². The SMILES string of the molecule is O=C(NCCO)n1[c]ccn1. The fraction of sp³-hybridized carbons (Fsp3) is 0.333. The number of aromatic nitrogens is 2. The average Bonchev–Trinajstić information content (AvgIpc) is 2.52. The van der Waals surface area contributed by atoms with Crippen molar-refractivity contribution < 1.29 is 9.90 Å². The minimum Gasteiger partial charge on any atom is -0.395 e. The van der Waals surface area contributed by atoms with Crippen LogP contribution in [0.25, 0.3) is 0 Å². The van der Waals surface area contributed by atoms with Gasteiger partial charge in [0.05, 0.1) is 19.0 Å². The highest BCUT2D eigenvalue weighted by Gasteiger charge is 2.00. The smallest absolute Gasteiger partial charge is 0.342 e. The lowest BCUT2D eigenvalue weighted by molar-refractivity contribution is 0.233. The zero-order valence-electron chi connectivity index (χ0n) is 5.82. The van der Waals surface area contributed by atoms with Crippen molar-refractivity contribution in [1.82, 2.24) is 15.1 Å². The van der Waals surface area contributed by atoms with Gasteiger partial charge in [-0.15, -0.1) is 0 Å². The molecule has 1 rings (SSSR count). The minimum absolute atomic E-state index is 0.0764. The van der Waals surface area contributed by atoms with Gasteiger partial charge in [0, 0.05) is 6.54 Å². The van der Waals surface area contributed by atoms with Crippen molar-refractivity contribution in [3.05, 3.63) is 18.5 Å². The Bertz CT molecular complexity index is 220. The van der Waals surface area contributed by atoms with Gasteiger partial charge < -0.3 is 10.4 Å². The van der Waals surface area contributed by atoms with E-state index in [2.05, 4.69) is 16.6 Å². The quantitative estimate of drug-likeness (QED) is 0.588. The predicted octanol–water partition coefficient (Wildman–Crippen LogP) is -0.767. The van der Waals surface area contributed by atoms with Gasteiger partial charge in [-0.2, -0.15) is 9.78 Å². The van der Waals surface area contributed by atoms with Gasteiger partial charge in [0.2, 0.25) is 0 Å². The lowest BCUT2D eigenvalue weighted by atomic mass is 10.7. The van der Waals surface area contributed by atoms with E-state index in [1.165, 1.54) is 12.3 Å². The first kappa shape index (κ1) is 7.74. The second kappa shape index (κ2) is 3.72. The van der Waals surface area contributed by atoms with Crippen molar-refractivity contribution in [3.63, 3.8) is 0 Å². The fourth-order valence-corrected chi connectivity index (χ4v) is 0.586. The maximum absolute atomic E-state index is 10.9. The van der Waals surface area contributed by atoms with Crippen LogP contribution in [0.3, 0.4) is 0 Å². The van der Waals surface area contributed by atoms with Crippen molar-refractivity contribution in [2.24, 2.45) is 0 Å². The van der Waals surface area contributed by atoms with Gasteiger partial charge in [-0.3, -0.25) is 0 Å². The molecule has 59 valence electrons. The summed E-state index contributed by atoms with van der Waals surface area (Å²) < 4.78 is 1.04. The van der Waals surface area contributed by atoms with Crippen LogP contribution in [0.4, 0.5) is 4.79 Å². The van der Waals surface area contributed by atoms with Crippen LogP contribution >= 0.6 is 0 Å². The van der Waals surface area contributed by atoms with Crippen LogP contribution in [0.2, 0.25) is 0 Å². The molecular formula is C6H8N3O2. The molecule has 5 nitrogen and oxygen atoms in total. The summed E-state index contributed by atoms with van der Waals surface area (Å²) in [5, 5.41) is 14.4. The van der Waals surface area contributed by atoms with Crippen molar-refractivity contribution in [3.8, 4) is 0 Å². The van der Waals surface area contributed by atoms with Crippen LogP contribution in [0.5, 0.6) is 0 Å². The molecule has 5 heteroatoms. The highest BCUT2D eigenvalue weighted by atomic mass is 16.3. The largest absolute Gasteiger partial charge is 0.395 e. The van der Waals surface area contributed by atoms with E-state index >= 15 is 0 Å². The van der Waals surface area contributed by atoms with Crippen molar-refractivity contribution in [2.45, 2.75) is 0 Å². The molecule has 0 atom stereocenters. The first-order chi connectivity index (χ1) is 5.34. The van der Waals surface area contributed by atoms with Crippen LogP contribution in [0.1, 0.15) is 0 Å².